The summed E-state index contributed by atoms with van der Waals surface area (Å²) in [7, 11) is -2.44. The molecule has 0 aromatic heterocycles. The van der Waals surface area contributed by atoms with Gasteiger partial charge in [0.15, 0.2) is 0 Å². The predicted octanol–water partition coefficient (Wildman–Crippen LogP) is 3.59. The van der Waals surface area contributed by atoms with Gasteiger partial charge in [0.1, 0.15) is 0 Å². The molecule has 3 rings (SSSR count). The molecule has 1 saturated carbocycles. The second kappa shape index (κ2) is 10.8. The summed E-state index contributed by atoms with van der Waals surface area (Å²) >= 11 is 5.98. The monoisotopic (exact) mass is 477 g/mol. The van der Waals surface area contributed by atoms with E-state index in [0.717, 1.165) is 30.0 Å². The van der Waals surface area contributed by atoms with Crippen LogP contribution in [0.4, 0.5) is 5.69 Å². The van der Waals surface area contributed by atoms with E-state index in [-0.39, 0.29) is 28.8 Å². The SMILES string of the molecule is CN(c1cccc(Cl)c1)S(=O)(=O)c1cccc(C(=O)NCCNC(=O)C2CCCCC2)c1. The number of hydrogen-bond donors (Lipinski definition) is 2. The van der Waals surface area contributed by atoms with Crippen LogP contribution in [0.15, 0.2) is 53.4 Å². The average Bonchev–Trinajstić information content (AvgIpc) is 2.81. The van der Waals surface area contributed by atoms with Crippen molar-refractivity contribution in [1.29, 1.82) is 0 Å². The Morgan fingerprint density at radius 1 is 1.00 bits per heavy atom. The first-order valence-corrected chi connectivity index (χ1v) is 12.5. The lowest BCUT2D eigenvalue weighted by Gasteiger charge is -2.21. The second-order valence-corrected chi connectivity index (χ2v) is 10.3. The Kier molecular flexibility index (Phi) is 8.15. The molecule has 172 valence electrons. The summed E-state index contributed by atoms with van der Waals surface area (Å²) in [5.41, 5.74) is 0.644. The fourth-order valence-corrected chi connectivity index (χ4v) is 5.16. The van der Waals surface area contributed by atoms with Crippen LogP contribution in [0, 0.1) is 5.92 Å². The van der Waals surface area contributed by atoms with Crippen molar-refractivity contribution in [2.45, 2.75) is 37.0 Å². The molecule has 9 heteroatoms. The first-order valence-electron chi connectivity index (χ1n) is 10.7. The van der Waals surface area contributed by atoms with Gasteiger partial charge in [-0.3, -0.25) is 13.9 Å². The highest BCUT2D eigenvalue weighted by atomic mass is 35.5. The lowest BCUT2D eigenvalue weighted by Crippen LogP contribution is -2.38. The number of carbonyl (C=O) groups is 2. The van der Waals surface area contributed by atoms with Gasteiger partial charge in [0.25, 0.3) is 15.9 Å². The van der Waals surface area contributed by atoms with Crippen LogP contribution in [0.5, 0.6) is 0 Å². The zero-order chi connectivity index (χ0) is 23.1. The van der Waals surface area contributed by atoms with E-state index >= 15 is 0 Å². The first kappa shape index (κ1) is 24.1. The Hall–Kier alpha value is -2.58. The van der Waals surface area contributed by atoms with E-state index in [1.54, 1.807) is 30.3 Å². The van der Waals surface area contributed by atoms with Gasteiger partial charge < -0.3 is 10.6 Å². The van der Waals surface area contributed by atoms with Crippen LogP contribution in [0.3, 0.4) is 0 Å². The maximum absolute atomic E-state index is 13.0. The van der Waals surface area contributed by atoms with Crippen molar-refractivity contribution in [3.8, 4) is 0 Å². The van der Waals surface area contributed by atoms with Crippen LogP contribution >= 0.6 is 11.6 Å². The van der Waals surface area contributed by atoms with Crippen molar-refractivity contribution in [3.63, 3.8) is 0 Å². The lowest BCUT2D eigenvalue weighted by atomic mass is 9.89. The molecule has 2 N–H and O–H groups in total. The molecule has 2 aromatic carbocycles. The van der Waals surface area contributed by atoms with Crippen LogP contribution < -0.4 is 14.9 Å². The quantitative estimate of drug-likeness (QED) is 0.568. The molecule has 1 fully saturated rings. The summed E-state index contributed by atoms with van der Waals surface area (Å²) in [6.07, 6.45) is 5.19. The molecule has 0 atom stereocenters. The fourth-order valence-electron chi connectivity index (χ4n) is 3.74. The standard InChI is InChI=1S/C23H28ClN3O4S/c1-27(20-11-6-10-19(24)16-20)32(30,31)21-12-5-9-18(15-21)23(29)26-14-13-25-22(28)17-7-3-2-4-8-17/h5-6,9-12,15-17H,2-4,7-8,13-14H2,1H3,(H,25,28)(H,26,29). The zero-order valence-electron chi connectivity index (χ0n) is 18.0. The first-order chi connectivity index (χ1) is 15.3. The van der Waals surface area contributed by atoms with Crippen molar-refractivity contribution in [2.75, 3.05) is 24.4 Å². The van der Waals surface area contributed by atoms with Gasteiger partial charge in [-0.2, -0.15) is 0 Å². The highest BCUT2D eigenvalue weighted by Gasteiger charge is 2.23. The third-order valence-corrected chi connectivity index (χ3v) is 7.63. The van der Waals surface area contributed by atoms with E-state index in [1.807, 2.05) is 0 Å². The maximum atomic E-state index is 13.0. The molecule has 32 heavy (non-hydrogen) atoms. The Morgan fingerprint density at radius 2 is 1.69 bits per heavy atom. The molecule has 7 nitrogen and oxygen atoms in total. The van der Waals surface area contributed by atoms with E-state index < -0.39 is 15.9 Å². The molecule has 0 spiro atoms. The van der Waals surface area contributed by atoms with Gasteiger partial charge in [0.05, 0.1) is 10.6 Å². The Balaban J connectivity index is 1.58. The number of carbonyl (C=O) groups excluding carboxylic acids is 2. The number of sulfonamides is 1. The minimum Gasteiger partial charge on any atom is -0.354 e. The third kappa shape index (κ3) is 6.01. The molecule has 0 heterocycles. The van der Waals surface area contributed by atoms with Crippen LogP contribution in [-0.4, -0.2) is 40.4 Å². The number of halogens is 1. The summed E-state index contributed by atoms with van der Waals surface area (Å²) in [5, 5.41) is 6.01. The highest BCUT2D eigenvalue weighted by Crippen LogP contribution is 2.25. The Labute approximate surface area is 194 Å². The lowest BCUT2D eigenvalue weighted by molar-refractivity contribution is -0.125. The number of amides is 2. The maximum Gasteiger partial charge on any atom is 0.264 e. The van der Waals surface area contributed by atoms with Crippen molar-refractivity contribution >= 4 is 39.1 Å². The molecule has 0 unspecified atom stereocenters. The summed E-state index contributed by atoms with van der Waals surface area (Å²) in [6, 6.07) is 12.4. The predicted molar refractivity (Wildman–Crippen MR) is 125 cm³/mol. The van der Waals surface area contributed by atoms with Gasteiger partial charge in [-0.25, -0.2) is 8.42 Å². The van der Waals surface area contributed by atoms with Crippen LogP contribution in [0.2, 0.25) is 5.02 Å². The van der Waals surface area contributed by atoms with Crippen molar-refractivity contribution < 1.29 is 18.0 Å². The van der Waals surface area contributed by atoms with E-state index in [1.165, 1.54) is 31.7 Å². The molecule has 0 saturated heterocycles. The van der Waals surface area contributed by atoms with E-state index in [4.69, 9.17) is 11.6 Å². The number of rotatable bonds is 8. The van der Waals surface area contributed by atoms with Gasteiger partial charge in [-0.05, 0) is 49.2 Å². The minimum atomic E-state index is -3.88. The normalized spacial score (nSPS) is 14.6. The number of anilines is 1. The highest BCUT2D eigenvalue weighted by molar-refractivity contribution is 7.92. The topological polar surface area (TPSA) is 95.6 Å². The number of benzene rings is 2. The van der Waals surface area contributed by atoms with Crippen LogP contribution in [-0.2, 0) is 14.8 Å². The molecule has 1 aliphatic carbocycles. The number of nitrogens with zero attached hydrogens (tertiary/aromatic N) is 1. The van der Waals surface area contributed by atoms with Gasteiger partial charge in [-0.1, -0.05) is 43.0 Å². The van der Waals surface area contributed by atoms with E-state index in [0.29, 0.717) is 17.3 Å². The molecular formula is C23H28ClN3O4S. The third-order valence-electron chi connectivity index (χ3n) is 5.61. The van der Waals surface area contributed by atoms with Gasteiger partial charge in [0.2, 0.25) is 5.91 Å². The van der Waals surface area contributed by atoms with Crippen LogP contribution in [0.25, 0.3) is 0 Å². The minimum absolute atomic E-state index is 0.00164. The van der Waals surface area contributed by atoms with Crippen LogP contribution in [0.1, 0.15) is 42.5 Å². The molecule has 2 amide bonds. The van der Waals surface area contributed by atoms with Crippen molar-refractivity contribution in [1.82, 2.24) is 10.6 Å². The molecule has 0 bridgehead atoms. The van der Waals surface area contributed by atoms with E-state index in [2.05, 4.69) is 10.6 Å². The summed E-state index contributed by atoms with van der Waals surface area (Å²) in [6.45, 7) is 0.591. The fraction of sp³-hybridized carbons (Fsp3) is 0.391. The van der Waals surface area contributed by atoms with Gasteiger partial charge in [-0.15, -0.1) is 0 Å². The van der Waals surface area contributed by atoms with Crippen molar-refractivity contribution in [3.05, 3.63) is 59.1 Å². The molecule has 1 aliphatic rings. The summed E-state index contributed by atoms with van der Waals surface area (Å²) in [4.78, 5) is 24.7. The summed E-state index contributed by atoms with van der Waals surface area (Å²) in [5.74, 6) is -0.298. The Morgan fingerprint density at radius 3 is 2.41 bits per heavy atom. The number of nitrogens with one attached hydrogen (secondary N) is 2. The smallest absolute Gasteiger partial charge is 0.264 e. The molecule has 0 radical (unpaired) electrons. The zero-order valence-corrected chi connectivity index (χ0v) is 19.6. The van der Waals surface area contributed by atoms with Gasteiger partial charge >= 0.3 is 0 Å². The molecule has 2 aromatic rings. The molecular weight excluding hydrogens is 450 g/mol. The second-order valence-electron chi connectivity index (χ2n) is 7.86. The Bertz CT molecular complexity index is 1070. The van der Waals surface area contributed by atoms with Crippen molar-refractivity contribution in [2.24, 2.45) is 5.92 Å². The number of hydrogen-bond acceptors (Lipinski definition) is 4. The van der Waals surface area contributed by atoms with Gasteiger partial charge in [0, 0.05) is 36.6 Å². The average molecular weight is 478 g/mol. The largest absolute Gasteiger partial charge is 0.354 e. The summed E-state index contributed by atoms with van der Waals surface area (Å²) < 4.78 is 27.1. The molecule has 0 aliphatic heterocycles. The van der Waals surface area contributed by atoms with E-state index in [9.17, 15) is 18.0 Å².